The summed E-state index contributed by atoms with van der Waals surface area (Å²) < 4.78 is 0. The first-order valence-electron chi connectivity index (χ1n) is 4.82. The van der Waals surface area contributed by atoms with Crippen LogP contribution in [0, 0.1) is 0 Å². The predicted molar refractivity (Wildman–Crippen MR) is 49.0 cm³/mol. The van der Waals surface area contributed by atoms with E-state index in [1.807, 2.05) is 0 Å². The molecule has 0 aromatic heterocycles. The highest BCUT2D eigenvalue weighted by Gasteiger charge is 2.22. The molecule has 1 atom stereocenters. The summed E-state index contributed by atoms with van der Waals surface area (Å²) in [5, 5.41) is 9.47. The summed E-state index contributed by atoms with van der Waals surface area (Å²) in [7, 11) is 2.18. The van der Waals surface area contributed by atoms with Gasteiger partial charge in [-0.05, 0) is 32.7 Å². The first-order valence-corrected chi connectivity index (χ1v) is 4.82. The number of aliphatic hydroxyl groups is 1. The van der Waals surface area contributed by atoms with Gasteiger partial charge in [-0.15, -0.1) is 0 Å². The Bertz CT molecular complexity index is 188. The van der Waals surface area contributed by atoms with Gasteiger partial charge >= 0.3 is 0 Å². The highest BCUT2D eigenvalue weighted by molar-refractivity contribution is 5.22. The van der Waals surface area contributed by atoms with E-state index in [1.165, 1.54) is 13.0 Å². The molecule has 0 bridgehead atoms. The summed E-state index contributed by atoms with van der Waals surface area (Å²) in [6, 6.07) is 0. The van der Waals surface area contributed by atoms with Gasteiger partial charge in [0.1, 0.15) is 0 Å². The van der Waals surface area contributed by atoms with Crippen molar-refractivity contribution in [1.82, 2.24) is 4.90 Å². The molecule has 2 heteroatoms. The fraction of sp³-hybridized carbons (Fsp3) is 0.800. The van der Waals surface area contributed by atoms with E-state index in [0.717, 1.165) is 25.8 Å². The molecule has 1 aliphatic heterocycles. The van der Waals surface area contributed by atoms with Crippen LogP contribution in [0.2, 0.25) is 0 Å². The van der Waals surface area contributed by atoms with E-state index in [2.05, 4.69) is 11.9 Å². The molecule has 0 amide bonds. The van der Waals surface area contributed by atoms with Crippen molar-refractivity contribution >= 4 is 0 Å². The van der Waals surface area contributed by atoms with Crippen molar-refractivity contribution in [1.29, 1.82) is 0 Å². The van der Waals surface area contributed by atoms with Crippen LogP contribution in [0.3, 0.4) is 0 Å². The first kappa shape index (κ1) is 8.27. The van der Waals surface area contributed by atoms with Crippen molar-refractivity contribution in [3.8, 4) is 0 Å². The Kier molecular flexibility index (Phi) is 2.20. The first-order chi connectivity index (χ1) is 5.75. The molecule has 1 N–H and O–H groups in total. The fourth-order valence-corrected chi connectivity index (χ4v) is 2.25. The van der Waals surface area contributed by atoms with Gasteiger partial charge < -0.3 is 10.0 Å². The molecule has 2 nitrogen and oxygen atoms in total. The van der Waals surface area contributed by atoms with Crippen LogP contribution in [0.25, 0.3) is 0 Å². The van der Waals surface area contributed by atoms with Gasteiger partial charge in [-0.2, -0.15) is 0 Å². The van der Waals surface area contributed by atoms with Crippen LogP contribution >= 0.6 is 0 Å². The Morgan fingerprint density at radius 3 is 3.00 bits per heavy atom. The van der Waals surface area contributed by atoms with Crippen LogP contribution in [-0.2, 0) is 0 Å². The second kappa shape index (κ2) is 3.19. The summed E-state index contributed by atoms with van der Waals surface area (Å²) in [5.74, 6) is 0. The van der Waals surface area contributed by atoms with Crippen molar-refractivity contribution in [2.24, 2.45) is 0 Å². The van der Waals surface area contributed by atoms with Crippen LogP contribution < -0.4 is 0 Å². The predicted octanol–water partition coefficient (Wildman–Crippen LogP) is 1.16. The molecule has 1 heterocycles. The van der Waals surface area contributed by atoms with E-state index in [-0.39, 0.29) is 6.10 Å². The van der Waals surface area contributed by atoms with Gasteiger partial charge in [0.15, 0.2) is 0 Å². The molecule has 0 fully saturated rings. The van der Waals surface area contributed by atoms with Gasteiger partial charge in [0.25, 0.3) is 0 Å². The highest BCUT2D eigenvalue weighted by Crippen LogP contribution is 2.30. The zero-order valence-electron chi connectivity index (χ0n) is 7.71. The molecule has 68 valence electrons. The molecule has 2 aliphatic rings. The van der Waals surface area contributed by atoms with E-state index < -0.39 is 0 Å². The topological polar surface area (TPSA) is 23.5 Å². The molecule has 1 aliphatic carbocycles. The minimum atomic E-state index is -0.0489. The summed E-state index contributed by atoms with van der Waals surface area (Å²) in [5.41, 5.74) is 3.15. The molecule has 0 saturated carbocycles. The number of hydrogen-bond acceptors (Lipinski definition) is 2. The summed E-state index contributed by atoms with van der Waals surface area (Å²) in [6.45, 7) is 2.31. The van der Waals surface area contributed by atoms with E-state index in [0.29, 0.717) is 0 Å². The largest absolute Gasteiger partial charge is 0.393 e. The SMILES string of the molecule is CN1CCC2=C(CCC(O)C2)C1. The van der Waals surface area contributed by atoms with Gasteiger partial charge in [0.2, 0.25) is 0 Å². The summed E-state index contributed by atoms with van der Waals surface area (Å²) in [4.78, 5) is 2.37. The summed E-state index contributed by atoms with van der Waals surface area (Å²) >= 11 is 0. The van der Waals surface area contributed by atoms with E-state index in [1.54, 1.807) is 11.1 Å². The van der Waals surface area contributed by atoms with Crippen molar-refractivity contribution in [2.75, 3.05) is 20.1 Å². The Morgan fingerprint density at radius 2 is 2.17 bits per heavy atom. The zero-order valence-corrected chi connectivity index (χ0v) is 7.71. The van der Waals surface area contributed by atoms with Crippen LogP contribution in [0.1, 0.15) is 25.7 Å². The van der Waals surface area contributed by atoms with Crippen LogP contribution in [0.5, 0.6) is 0 Å². The molecule has 0 radical (unpaired) electrons. The molecule has 0 aromatic carbocycles. The highest BCUT2D eigenvalue weighted by atomic mass is 16.3. The van der Waals surface area contributed by atoms with Gasteiger partial charge in [0.05, 0.1) is 6.10 Å². The van der Waals surface area contributed by atoms with Crippen molar-refractivity contribution < 1.29 is 5.11 Å². The third-order valence-corrected chi connectivity index (χ3v) is 3.02. The number of likely N-dealkylation sites (N-methyl/N-ethyl adjacent to an activating group) is 1. The Hall–Kier alpha value is -0.340. The minimum absolute atomic E-state index is 0.0489. The maximum absolute atomic E-state index is 9.47. The number of aliphatic hydroxyl groups excluding tert-OH is 1. The molecular formula is C10H17NO. The number of nitrogens with zero attached hydrogens (tertiary/aromatic N) is 1. The van der Waals surface area contributed by atoms with Crippen LogP contribution in [-0.4, -0.2) is 36.2 Å². The lowest BCUT2D eigenvalue weighted by molar-refractivity contribution is 0.150. The number of rotatable bonds is 0. The van der Waals surface area contributed by atoms with Gasteiger partial charge in [-0.25, -0.2) is 0 Å². The number of hydrogen-bond donors (Lipinski definition) is 1. The van der Waals surface area contributed by atoms with E-state index >= 15 is 0 Å². The van der Waals surface area contributed by atoms with Crippen LogP contribution in [0.4, 0.5) is 0 Å². The summed E-state index contributed by atoms with van der Waals surface area (Å²) in [6.07, 6.45) is 4.19. The minimum Gasteiger partial charge on any atom is -0.393 e. The average molecular weight is 167 g/mol. The van der Waals surface area contributed by atoms with Crippen LogP contribution in [0.15, 0.2) is 11.1 Å². The molecule has 2 rings (SSSR count). The second-order valence-electron chi connectivity index (χ2n) is 4.09. The Labute approximate surface area is 73.9 Å². The molecular weight excluding hydrogens is 150 g/mol. The van der Waals surface area contributed by atoms with Crippen molar-refractivity contribution in [3.05, 3.63) is 11.1 Å². The lowest BCUT2D eigenvalue weighted by Crippen LogP contribution is -2.31. The smallest absolute Gasteiger partial charge is 0.0580 e. The maximum atomic E-state index is 9.47. The lowest BCUT2D eigenvalue weighted by atomic mass is 9.86. The zero-order chi connectivity index (χ0) is 8.55. The molecule has 0 aromatic rings. The van der Waals surface area contributed by atoms with Crippen molar-refractivity contribution in [3.63, 3.8) is 0 Å². The molecule has 12 heavy (non-hydrogen) atoms. The standard InChI is InChI=1S/C10H17NO/c1-11-5-4-8-6-10(12)3-2-9(8)7-11/h10,12H,2-7H2,1H3. The molecule has 0 saturated heterocycles. The Balaban J connectivity index is 2.11. The van der Waals surface area contributed by atoms with E-state index in [4.69, 9.17) is 0 Å². The quantitative estimate of drug-likeness (QED) is 0.547. The second-order valence-corrected chi connectivity index (χ2v) is 4.09. The Morgan fingerprint density at radius 1 is 1.33 bits per heavy atom. The monoisotopic (exact) mass is 167 g/mol. The van der Waals surface area contributed by atoms with Crippen molar-refractivity contribution in [2.45, 2.75) is 31.8 Å². The molecule has 0 spiro atoms. The maximum Gasteiger partial charge on any atom is 0.0580 e. The van der Waals surface area contributed by atoms with Gasteiger partial charge in [-0.3, -0.25) is 0 Å². The third kappa shape index (κ3) is 1.54. The fourth-order valence-electron chi connectivity index (χ4n) is 2.25. The average Bonchev–Trinajstić information content (AvgIpc) is 2.05. The normalized spacial score (nSPS) is 32.0. The lowest BCUT2D eigenvalue weighted by Gasteiger charge is -2.32. The molecule has 1 unspecified atom stereocenters. The van der Waals surface area contributed by atoms with E-state index in [9.17, 15) is 5.11 Å². The third-order valence-electron chi connectivity index (χ3n) is 3.02. The van der Waals surface area contributed by atoms with Gasteiger partial charge in [0, 0.05) is 13.1 Å². The van der Waals surface area contributed by atoms with Gasteiger partial charge in [-0.1, -0.05) is 11.1 Å².